The lowest BCUT2D eigenvalue weighted by atomic mass is 10.1. The summed E-state index contributed by atoms with van der Waals surface area (Å²) in [5.74, 6) is 1.64. The lowest BCUT2D eigenvalue weighted by Gasteiger charge is -2.25. The van der Waals surface area contributed by atoms with Crippen LogP contribution in [0.4, 0.5) is 17.5 Å². The number of aromatic nitrogens is 3. The van der Waals surface area contributed by atoms with Crippen LogP contribution >= 0.6 is 0 Å². The Kier molecular flexibility index (Phi) is 3.08. The fourth-order valence-corrected chi connectivity index (χ4v) is 2.36. The number of H-pyrrole nitrogens is 1. The van der Waals surface area contributed by atoms with Crippen LogP contribution in [0.5, 0.6) is 0 Å². The van der Waals surface area contributed by atoms with Gasteiger partial charge in [-0.15, -0.1) is 0 Å². The molecule has 2 aromatic rings. The normalized spacial score (nSPS) is 14.0. The molecular weight excluding hydrogens is 240 g/mol. The number of hydrogen-bond acceptors (Lipinski definition) is 5. The fraction of sp³-hybridized carbons (Fsp3) is 0.385. The van der Waals surface area contributed by atoms with Crippen LogP contribution in [0.1, 0.15) is 11.3 Å². The molecule has 0 bridgehead atoms. The molecule has 3 N–H and O–H groups in total. The van der Waals surface area contributed by atoms with E-state index in [2.05, 4.69) is 30.5 Å². The fourth-order valence-electron chi connectivity index (χ4n) is 2.36. The number of anilines is 3. The second-order valence-corrected chi connectivity index (χ2v) is 4.60. The lowest BCUT2D eigenvalue weighted by Crippen LogP contribution is -2.28. The lowest BCUT2D eigenvalue weighted by molar-refractivity contribution is 0.626. The van der Waals surface area contributed by atoms with Crippen LogP contribution in [-0.4, -0.2) is 35.6 Å². The highest BCUT2D eigenvalue weighted by Gasteiger charge is 2.20. The van der Waals surface area contributed by atoms with Crippen molar-refractivity contribution >= 4 is 17.5 Å². The van der Waals surface area contributed by atoms with Crippen LogP contribution < -0.4 is 15.5 Å². The molecule has 0 saturated carbocycles. The Labute approximate surface area is 112 Å². The van der Waals surface area contributed by atoms with Gasteiger partial charge in [0, 0.05) is 51.6 Å². The smallest absolute Gasteiger partial charge is 0.224 e. The van der Waals surface area contributed by atoms with Crippen LogP contribution in [0.2, 0.25) is 0 Å². The van der Waals surface area contributed by atoms with E-state index in [-0.39, 0.29) is 0 Å². The van der Waals surface area contributed by atoms with Crippen molar-refractivity contribution in [3.05, 3.63) is 29.7 Å². The molecule has 1 aliphatic rings. The first-order valence-corrected chi connectivity index (χ1v) is 6.44. The van der Waals surface area contributed by atoms with Crippen molar-refractivity contribution in [2.24, 2.45) is 0 Å². The van der Waals surface area contributed by atoms with Gasteiger partial charge < -0.3 is 20.5 Å². The van der Waals surface area contributed by atoms with Gasteiger partial charge in [-0.25, -0.2) is 4.98 Å². The highest BCUT2D eigenvalue weighted by Crippen LogP contribution is 2.29. The molecule has 6 heteroatoms. The summed E-state index contributed by atoms with van der Waals surface area (Å²) in [6, 6.07) is 2.03. The molecule has 3 heterocycles. The predicted molar refractivity (Wildman–Crippen MR) is 75.8 cm³/mol. The zero-order valence-corrected chi connectivity index (χ0v) is 11.2. The van der Waals surface area contributed by atoms with Crippen molar-refractivity contribution in [2.45, 2.75) is 13.0 Å². The summed E-state index contributed by atoms with van der Waals surface area (Å²) in [5.41, 5.74) is 3.41. The Hall–Kier alpha value is -2.08. The molecule has 0 fully saturated rings. The second-order valence-electron chi connectivity index (χ2n) is 4.60. The highest BCUT2D eigenvalue weighted by molar-refractivity contribution is 5.64. The summed E-state index contributed by atoms with van der Waals surface area (Å²) in [5, 5.41) is 6.42. The second kappa shape index (κ2) is 4.89. The van der Waals surface area contributed by atoms with E-state index in [1.54, 1.807) is 0 Å². The summed E-state index contributed by atoms with van der Waals surface area (Å²) in [7, 11) is 3.88. The molecule has 0 unspecified atom stereocenters. The molecular formula is C13H18N6. The van der Waals surface area contributed by atoms with E-state index >= 15 is 0 Å². The summed E-state index contributed by atoms with van der Waals surface area (Å²) in [4.78, 5) is 14.3. The molecule has 6 nitrogen and oxygen atoms in total. The van der Waals surface area contributed by atoms with Crippen LogP contribution in [-0.2, 0) is 13.0 Å². The molecule has 0 amide bonds. The van der Waals surface area contributed by atoms with E-state index < -0.39 is 0 Å². The average Bonchev–Trinajstić information content (AvgIpc) is 2.99. The van der Waals surface area contributed by atoms with Crippen molar-refractivity contribution in [2.75, 3.05) is 30.9 Å². The minimum Gasteiger partial charge on any atom is -0.366 e. The van der Waals surface area contributed by atoms with E-state index in [0.29, 0.717) is 5.95 Å². The highest BCUT2D eigenvalue weighted by atomic mass is 15.2. The summed E-state index contributed by atoms with van der Waals surface area (Å²) in [6.07, 6.45) is 4.82. The van der Waals surface area contributed by atoms with Crippen LogP contribution in [0, 0.1) is 0 Å². The van der Waals surface area contributed by atoms with Crippen LogP contribution in [0.25, 0.3) is 0 Å². The number of hydrogen-bond donors (Lipinski definition) is 3. The molecule has 0 saturated heterocycles. The first kappa shape index (κ1) is 12.0. The summed E-state index contributed by atoms with van der Waals surface area (Å²) >= 11 is 0. The first-order valence-electron chi connectivity index (χ1n) is 6.44. The molecule has 0 spiro atoms. The molecule has 19 heavy (non-hydrogen) atoms. The largest absolute Gasteiger partial charge is 0.366 e. The predicted octanol–water partition coefficient (Wildman–Crippen LogP) is 1.26. The zero-order chi connectivity index (χ0) is 13.2. The standard InChI is InChI=1S/C13H18N6/c1-14-13-17-11-4-6-16-8-10(11)12(18-13)19(2)9-3-5-15-7-9/h3,5,7,15-16H,4,6,8H2,1-2H3,(H,14,17,18). The van der Waals surface area contributed by atoms with Gasteiger partial charge in [-0.2, -0.15) is 4.98 Å². The van der Waals surface area contributed by atoms with E-state index in [1.807, 2.05) is 32.6 Å². The van der Waals surface area contributed by atoms with Gasteiger partial charge in [-0.05, 0) is 6.07 Å². The topological polar surface area (TPSA) is 68.9 Å². The SMILES string of the molecule is CNc1nc2c(c(N(C)c3cc[nH]c3)n1)CNCC2. The Bertz CT molecular complexity index is 563. The third-order valence-corrected chi connectivity index (χ3v) is 3.42. The third-order valence-electron chi connectivity index (χ3n) is 3.42. The van der Waals surface area contributed by atoms with Crippen molar-refractivity contribution in [3.63, 3.8) is 0 Å². The van der Waals surface area contributed by atoms with E-state index in [0.717, 1.165) is 36.7 Å². The quantitative estimate of drug-likeness (QED) is 0.773. The minimum absolute atomic E-state index is 0.679. The summed E-state index contributed by atoms with van der Waals surface area (Å²) in [6.45, 7) is 1.80. The zero-order valence-electron chi connectivity index (χ0n) is 11.2. The first-order chi connectivity index (χ1) is 9.29. The van der Waals surface area contributed by atoms with E-state index in [9.17, 15) is 0 Å². The maximum absolute atomic E-state index is 4.61. The maximum atomic E-state index is 4.61. The van der Waals surface area contributed by atoms with Gasteiger partial charge in [-0.1, -0.05) is 0 Å². The Morgan fingerprint density at radius 2 is 2.26 bits per heavy atom. The van der Waals surface area contributed by atoms with Crippen molar-refractivity contribution < 1.29 is 0 Å². The Morgan fingerprint density at radius 3 is 3.00 bits per heavy atom. The maximum Gasteiger partial charge on any atom is 0.224 e. The molecule has 100 valence electrons. The summed E-state index contributed by atoms with van der Waals surface area (Å²) < 4.78 is 0. The monoisotopic (exact) mass is 258 g/mol. The minimum atomic E-state index is 0.679. The van der Waals surface area contributed by atoms with Crippen molar-refractivity contribution in [1.29, 1.82) is 0 Å². The van der Waals surface area contributed by atoms with Crippen LogP contribution in [0.3, 0.4) is 0 Å². The number of rotatable bonds is 3. The van der Waals surface area contributed by atoms with Crippen LogP contribution in [0.15, 0.2) is 18.5 Å². The molecule has 0 aromatic carbocycles. The number of aromatic amines is 1. The van der Waals surface area contributed by atoms with E-state index in [1.165, 1.54) is 5.56 Å². The molecule has 0 aliphatic carbocycles. The van der Waals surface area contributed by atoms with Gasteiger partial charge >= 0.3 is 0 Å². The van der Waals surface area contributed by atoms with Gasteiger partial charge in [-0.3, -0.25) is 0 Å². The molecule has 1 aliphatic heterocycles. The van der Waals surface area contributed by atoms with Crippen molar-refractivity contribution in [1.82, 2.24) is 20.3 Å². The number of nitrogens with zero attached hydrogens (tertiary/aromatic N) is 3. The van der Waals surface area contributed by atoms with Crippen molar-refractivity contribution in [3.8, 4) is 0 Å². The van der Waals surface area contributed by atoms with Gasteiger partial charge in [0.1, 0.15) is 5.82 Å². The molecule has 0 atom stereocenters. The average molecular weight is 258 g/mol. The Morgan fingerprint density at radius 1 is 1.37 bits per heavy atom. The third kappa shape index (κ3) is 2.15. The number of fused-ring (bicyclic) bond motifs is 1. The van der Waals surface area contributed by atoms with Gasteiger partial charge in [0.2, 0.25) is 5.95 Å². The van der Waals surface area contributed by atoms with Gasteiger partial charge in [0.15, 0.2) is 0 Å². The van der Waals surface area contributed by atoms with Gasteiger partial charge in [0.25, 0.3) is 0 Å². The molecule has 2 aromatic heterocycles. The Balaban J connectivity index is 2.08. The molecule has 0 radical (unpaired) electrons. The number of nitrogens with one attached hydrogen (secondary N) is 3. The van der Waals surface area contributed by atoms with Gasteiger partial charge in [0.05, 0.1) is 11.4 Å². The van der Waals surface area contributed by atoms with E-state index in [4.69, 9.17) is 0 Å². The molecule has 3 rings (SSSR count).